The number of rotatable bonds is 3. The van der Waals surface area contributed by atoms with E-state index in [2.05, 4.69) is 15.4 Å². The molecule has 1 aliphatic heterocycles. The van der Waals surface area contributed by atoms with E-state index in [1.807, 2.05) is 10.6 Å². The van der Waals surface area contributed by atoms with Crippen molar-refractivity contribution in [1.29, 1.82) is 0 Å². The lowest BCUT2D eigenvalue weighted by Crippen LogP contribution is -2.48. The molecule has 1 fully saturated rings. The number of hydrazone groups is 1. The number of carbonyl (C=O) groups excluding carboxylic acids is 1. The van der Waals surface area contributed by atoms with Crippen LogP contribution in [0.15, 0.2) is 46.5 Å². The molecule has 1 aromatic carbocycles. The van der Waals surface area contributed by atoms with Crippen molar-refractivity contribution in [2.75, 3.05) is 12.4 Å². The van der Waals surface area contributed by atoms with E-state index in [0.717, 1.165) is 43.2 Å². The molecule has 0 radical (unpaired) electrons. The molecule has 166 valence electrons. The number of nitrogens with one attached hydrogen (secondary N) is 1. The van der Waals surface area contributed by atoms with Crippen LogP contribution in [0.25, 0.3) is 11.0 Å². The van der Waals surface area contributed by atoms with Crippen molar-refractivity contribution in [1.82, 2.24) is 19.5 Å². The van der Waals surface area contributed by atoms with Crippen LogP contribution < -0.4 is 10.5 Å². The quantitative estimate of drug-likeness (QED) is 0.624. The molecule has 1 amide bonds. The molecule has 10 nitrogen and oxygen atoms in total. The summed E-state index contributed by atoms with van der Waals surface area (Å²) in [5, 5.41) is 14.8. The highest BCUT2D eigenvalue weighted by molar-refractivity contribution is 7.89. The van der Waals surface area contributed by atoms with Crippen LogP contribution in [0.1, 0.15) is 37.8 Å². The largest absolute Gasteiger partial charge is 0.324 e. The van der Waals surface area contributed by atoms with Gasteiger partial charge in [0.15, 0.2) is 0 Å². The summed E-state index contributed by atoms with van der Waals surface area (Å²) in [6.07, 6.45) is 7.91. The number of anilines is 2. The first-order valence-corrected chi connectivity index (χ1v) is 11.9. The normalized spacial score (nSPS) is 18.1. The molecule has 2 aromatic heterocycles. The predicted octanol–water partition coefficient (Wildman–Crippen LogP) is 2.29. The Morgan fingerprint density at radius 2 is 1.84 bits per heavy atom. The van der Waals surface area contributed by atoms with Gasteiger partial charge in [-0.2, -0.15) is 10.1 Å². The smallest absolute Gasteiger partial charge is 0.268 e. The third kappa shape index (κ3) is 3.33. The van der Waals surface area contributed by atoms with Crippen LogP contribution in [0.4, 0.5) is 11.6 Å². The van der Waals surface area contributed by atoms with Gasteiger partial charge in [-0.1, -0.05) is 19.3 Å². The molecule has 11 heteroatoms. The van der Waals surface area contributed by atoms with Gasteiger partial charge in [-0.05, 0) is 43.2 Å². The number of likely N-dealkylation sites (N-methyl/N-ethyl adjacent to an activating group) is 1. The Labute approximate surface area is 185 Å². The summed E-state index contributed by atoms with van der Waals surface area (Å²) in [6, 6.07) is 7.98. The summed E-state index contributed by atoms with van der Waals surface area (Å²) >= 11 is 0. The molecular formula is C21H23N7O3S. The van der Waals surface area contributed by atoms with Crippen LogP contribution in [-0.2, 0) is 20.4 Å². The van der Waals surface area contributed by atoms with E-state index in [9.17, 15) is 13.2 Å². The fourth-order valence-electron chi connectivity index (χ4n) is 4.64. The molecule has 1 spiro atoms. The summed E-state index contributed by atoms with van der Waals surface area (Å²) in [6.45, 7) is 0. The van der Waals surface area contributed by atoms with Gasteiger partial charge in [-0.25, -0.2) is 23.5 Å². The standard InChI is InChI=1S/C21H23N7O3S/c1-27-19(29)21(9-3-2-4-10-21)28-16(13-24-27)11-14-12-23-20(26-18(14)28)25-15-5-7-17(8-6-15)32(22,30)31/h5-8,11-13H,2-4,9-10H2,1H3,(H2,22,30,31)(H,23,25,26). The van der Waals surface area contributed by atoms with Crippen molar-refractivity contribution >= 4 is 44.8 Å². The molecule has 2 aliphatic rings. The Morgan fingerprint density at radius 1 is 1.12 bits per heavy atom. The highest BCUT2D eigenvalue weighted by Gasteiger charge is 2.46. The van der Waals surface area contributed by atoms with E-state index in [0.29, 0.717) is 17.3 Å². The maximum Gasteiger partial charge on any atom is 0.268 e. The zero-order valence-corrected chi connectivity index (χ0v) is 18.3. The number of carbonyl (C=O) groups is 1. The van der Waals surface area contributed by atoms with Gasteiger partial charge < -0.3 is 9.88 Å². The summed E-state index contributed by atoms with van der Waals surface area (Å²) in [5.41, 5.74) is 1.38. The van der Waals surface area contributed by atoms with Gasteiger partial charge in [0.05, 0.1) is 16.8 Å². The average molecular weight is 454 g/mol. The number of amides is 1. The summed E-state index contributed by atoms with van der Waals surface area (Å²) in [4.78, 5) is 22.5. The second kappa shape index (κ2) is 7.38. The SMILES string of the molecule is CN1N=Cc2cc3cnc(Nc4ccc(S(N)(=O)=O)cc4)nc3n2C2(CCCCC2)C1=O. The number of hydrogen-bond donors (Lipinski definition) is 2. The summed E-state index contributed by atoms with van der Waals surface area (Å²) in [7, 11) is -2.07. The second-order valence-electron chi connectivity index (χ2n) is 8.24. The van der Waals surface area contributed by atoms with Gasteiger partial charge in [0.25, 0.3) is 5.91 Å². The second-order valence-corrected chi connectivity index (χ2v) is 9.80. The van der Waals surface area contributed by atoms with E-state index < -0.39 is 15.6 Å². The van der Waals surface area contributed by atoms with Crippen molar-refractivity contribution in [3.8, 4) is 0 Å². The minimum atomic E-state index is -3.76. The van der Waals surface area contributed by atoms with Crippen LogP contribution in [-0.4, -0.2) is 47.1 Å². The number of hydrogen-bond acceptors (Lipinski definition) is 7. The molecule has 3 aromatic rings. The first kappa shape index (κ1) is 20.6. The highest BCUT2D eigenvalue weighted by atomic mass is 32.2. The third-order valence-corrected chi connectivity index (χ3v) is 7.10. The Balaban J connectivity index is 1.58. The van der Waals surface area contributed by atoms with Gasteiger partial charge in [0.1, 0.15) is 11.2 Å². The predicted molar refractivity (Wildman–Crippen MR) is 120 cm³/mol. The monoisotopic (exact) mass is 453 g/mol. The molecule has 0 saturated heterocycles. The van der Waals surface area contributed by atoms with E-state index >= 15 is 0 Å². The van der Waals surface area contributed by atoms with E-state index in [-0.39, 0.29) is 10.8 Å². The van der Waals surface area contributed by atoms with Gasteiger partial charge in [0.2, 0.25) is 16.0 Å². The summed E-state index contributed by atoms with van der Waals surface area (Å²) in [5.74, 6) is 0.311. The number of nitrogens with zero attached hydrogens (tertiary/aromatic N) is 5. The van der Waals surface area contributed by atoms with Crippen LogP contribution in [0.5, 0.6) is 0 Å². The maximum atomic E-state index is 13.4. The van der Waals surface area contributed by atoms with Crippen LogP contribution in [0.2, 0.25) is 0 Å². The van der Waals surface area contributed by atoms with Crippen molar-refractivity contribution in [3.05, 3.63) is 42.2 Å². The number of benzene rings is 1. The van der Waals surface area contributed by atoms with Crippen molar-refractivity contribution in [3.63, 3.8) is 0 Å². The number of sulfonamides is 1. The minimum Gasteiger partial charge on any atom is -0.324 e. The van der Waals surface area contributed by atoms with Gasteiger partial charge >= 0.3 is 0 Å². The van der Waals surface area contributed by atoms with Crippen molar-refractivity contribution < 1.29 is 13.2 Å². The van der Waals surface area contributed by atoms with Crippen LogP contribution in [0.3, 0.4) is 0 Å². The fraction of sp³-hybridized carbons (Fsp3) is 0.333. The lowest BCUT2D eigenvalue weighted by molar-refractivity contribution is -0.141. The molecule has 0 unspecified atom stereocenters. The van der Waals surface area contributed by atoms with Gasteiger partial charge in [-0.15, -0.1) is 0 Å². The van der Waals surface area contributed by atoms with Gasteiger partial charge in [-0.3, -0.25) is 4.79 Å². The first-order valence-electron chi connectivity index (χ1n) is 10.4. The number of primary sulfonamides is 1. The molecule has 0 atom stereocenters. The molecule has 1 saturated carbocycles. The van der Waals surface area contributed by atoms with Crippen molar-refractivity contribution in [2.45, 2.75) is 42.5 Å². The Kier molecular flexibility index (Phi) is 4.75. The molecule has 3 heterocycles. The van der Waals surface area contributed by atoms with Gasteiger partial charge in [0, 0.05) is 24.3 Å². The molecule has 1 aliphatic carbocycles. The topological polar surface area (TPSA) is 136 Å². The molecule has 5 rings (SSSR count). The highest BCUT2D eigenvalue weighted by Crippen LogP contribution is 2.41. The zero-order chi connectivity index (χ0) is 22.5. The Hall–Kier alpha value is -3.31. The first-order chi connectivity index (χ1) is 15.3. The number of aromatic nitrogens is 3. The zero-order valence-electron chi connectivity index (χ0n) is 17.5. The Morgan fingerprint density at radius 3 is 2.53 bits per heavy atom. The van der Waals surface area contributed by atoms with E-state index in [4.69, 9.17) is 10.1 Å². The van der Waals surface area contributed by atoms with E-state index in [1.165, 1.54) is 17.1 Å². The number of nitrogens with two attached hydrogens (primary N) is 1. The third-order valence-electron chi connectivity index (χ3n) is 6.17. The Bertz CT molecular complexity index is 1340. The minimum absolute atomic E-state index is 0.0255. The molecular weight excluding hydrogens is 430 g/mol. The van der Waals surface area contributed by atoms with Crippen LogP contribution in [0, 0.1) is 0 Å². The maximum absolute atomic E-state index is 13.4. The number of fused-ring (bicyclic) bond motifs is 4. The van der Waals surface area contributed by atoms with Crippen LogP contribution >= 0.6 is 0 Å². The fourth-order valence-corrected chi connectivity index (χ4v) is 5.16. The molecule has 3 N–H and O–H groups in total. The van der Waals surface area contributed by atoms with Crippen molar-refractivity contribution in [2.24, 2.45) is 10.2 Å². The summed E-state index contributed by atoms with van der Waals surface area (Å²) < 4.78 is 25.0. The lowest BCUT2D eigenvalue weighted by atomic mass is 9.80. The lowest BCUT2D eigenvalue weighted by Gasteiger charge is -2.38. The average Bonchev–Trinajstić information content (AvgIpc) is 3.11. The molecule has 32 heavy (non-hydrogen) atoms. The molecule has 0 bridgehead atoms. The van der Waals surface area contributed by atoms with E-state index in [1.54, 1.807) is 31.6 Å².